The molecule has 3 aromatic rings. The summed E-state index contributed by atoms with van der Waals surface area (Å²) in [4.78, 5) is 12.3. The van der Waals surface area contributed by atoms with Gasteiger partial charge >= 0.3 is 0 Å². The molecule has 0 spiro atoms. The van der Waals surface area contributed by atoms with E-state index >= 15 is 0 Å². The van der Waals surface area contributed by atoms with Crippen molar-refractivity contribution in [3.05, 3.63) is 100 Å². The molecule has 5 heteroatoms. The van der Waals surface area contributed by atoms with Gasteiger partial charge in [-0.05, 0) is 57.4 Å². The van der Waals surface area contributed by atoms with Gasteiger partial charge in [0.15, 0.2) is 0 Å². The second kappa shape index (κ2) is 9.54. The van der Waals surface area contributed by atoms with Crippen LogP contribution in [-0.4, -0.2) is 5.91 Å². The first-order chi connectivity index (χ1) is 13.7. The summed E-state index contributed by atoms with van der Waals surface area (Å²) in [7, 11) is 0. The smallest absolute Gasteiger partial charge is 0.266 e. The average Bonchev–Trinajstić information content (AvgIpc) is 2.72. The molecular weight excluding hydrogens is 416 g/mol. The van der Waals surface area contributed by atoms with Gasteiger partial charge in [0.2, 0.25) is 0 Å². The summed E-state index contributed by atoms with van der Waals surface area (Å²) in [6.45, 7) is 0.456. The first-order valence-corrected chi connectivity index (χ1v) is 9.39. The minimum absolute atomic E-state index is 0.0220. The summed E-state index contributed by atoms with van der Waals surface area (Å²) in [5, 5.41) is 12.1. The molecule has 0 saturated carbocycles. The normalized spacial score (nSPS) is 10.8. The molecule has 3 aromatic carbocycles. The molecule has 4 nitrogen and oxygen atoms in total. The number of para-hydroxylation sites is 1. The molecule has 0 aliphatic heterocycles. The second-order valence-corrected chi connectivity index (χ2v) is 6.81. The van der Waals surface area contributed by atoms with Gasteiger partial charge < -0.3 is 10.1 Å². The standard InChI is InChI=1S/C23H17BrN2O2/c24-21-14-18(11-12-22(21)28-16-17-7-3-1-4-8-17)13-19(15-25)23(27)26-20-9-5-2-6-10-20/h1-14H,16H2,(H,26,27). The van der Waals surface area contributed by atoms with Crippen LogP contribution in [0.3, 0.4) is 0 Å². The Kier molecular flexibility index (Phi) is 6.61. The van der Waals surface area contributed by atoms with Crippen molar-refractivity contribution in [2.24, 2.45) is 0 Å². The van der Waals surface area contributed by atoms with Crippen molar-refractivity contribution in [1.29, 1.82) is 5.26 Å². The molecule has 28 heavy (non-hydrogen) atoms. The minimum atomic E-state index is -0.450. The van der Waals surface area contributed by atoms with E-state index in [4.69, 9.17) is 4.74 Å². The van der Waals surface area contributed by atoms with Crippen LogP contribution in [0.5, 0.6) is 5.75 Å². The Balaban J connectivity index is 1.71. The third-order valence-electron chi connectivity index (χ3n) is 3.90. The Morgan fingerprint density at radius 3 is 2.36 bits per heavy atom. The molecule has 0 heterocycles. The maximum atomic E-state index is 12.3. The number of benzene rings is 3. The van der Waals surface area contributed by atoms with Gasteiger partial charge in [0.1, 0.15) is 24.0 Å². The van der Waals surface area contributed by atoms with Crippen LogP contribution in [0.25, 0.3) is 6.08 Å². The summed E-state index contributed by atoms with van der Waals surface area (Å²) in [6, 6.07) is 26.3. The highest BCUT2D eigenvalue weighted by Crippen LogP contribution is 2.28. The minimum Gasteiger partial charge on any atom is -0.488 e. The van der Waals surface area contributed by atoms with E-state index in [-0.39, 0.29) is 5.57 Å². The van der Waals surface area contributed by atoms with Crippen LogP contribution < -0.4 is 10.1 Å². The molecule has 0 unspecified atom stereocenters. The fraction of sp³-hybridized carbons (Fsp3) is 0.0435. The molecule has 3 rings (SSSR count). The summed E-state index contributed by atoms with van der Waals surface area (Å²) in [5.74, 6) is 0.238. The highest BCUT2D eigenvalue weighted by Gasteiger charge is 2.10. The zero-order valence-electron chi connectivity index (χ0n) is 14.9. The number of hydrogen-bond acceptors (Lipinski definition) is 3. The summed E-state index contributed by atoms with van der Waals surface area (Å²) >= 11 is 3.49. The topological polar surface area (TPSA) is 62.1 Å². The molecule has 0 fully saturated rings. The van der Waals surface area contributed by atoms with Crippen molar-refractivity contribution in [3.8, 4) is 11.8 Å². The van der Waals surface area contributed by atoms with Crippen LogP contribution in [0.1, 0.15) is 11.1 Å². The quantitative estimate of drug-likeness (QED) is 0.408. The fourth-order valence-corrected chi connectivity index (χ4v) is 3.01. The third-order valence-corrected chi connectivity index (χ3v) is 4.52. The Morgan fingerprint density at radius 2 is 1.71 bits per heavy atom. The lowest BCUT2D eigenvalue weighted by Crippen LogP contribution is -2.13. The number of anilines is 1. The Hall–Kier alpha value is -3.36. The zero-order valence-corrected chi connectivity index (χ0v) is 16.5. The van der Waals surface area contributed by atoms with Crippen molar-refractivity contribution < 1.29 is 9.53 Å². The molecule has 0 aliphatic rings. The highest BCUT2D eigenvalue weighted by atomic mass is 79.9. The number of carbonyl (C=O) groups excluding carboxylic acids is 1. The lowest BCUT2D eigenvalue weighted by Gasteiger charge is -2.09. The van der Waals surface area contributed by atoms with Crippen LogP contribution in [-0.2, 0) is 11.4 Å². The number of rotatable bonds is 6. The van der Waals surface area contributed by atoms with Crippen LogP contribution >= 0.6 is 15.9 Å². The molecule has 0 radical (unpaired) electrons. The largest absolute Gasteiger partial charge is 0.488 e. The van der Waals surface area contributed by atoms with Crippen molar-refractivity contribution in [1.82, 2.24) is 0 Å². The first kappa shape index (κ1) is 19.4. The highest BCUT2D eigenvalue weighted by molar-refractivity contribution is 9.10. The Bertz CT molecular complexity index is 1030. The zero-order chi connectivity index (χ0) is 19.8. The predicted molar refractivity (Wildman–Crippen MR) is 114 cm³/mol. The number of halogens is 1. The van der Waals surface area contributed by atoms with Gasteiger partial charge in [-0.2, -0.15) is 5.26 Å². The Labute approximate surface area is 172 Å². The van der Waals surface area contributed by atoms with Gasteiger partial charge in [0, 0.05) is 5.69 Å². The maximum Gasteiger partial charge on any atom is 0.266 e. The van der Waals surface area contributed by atoms with Crippen molar-refractivity contribution in [2.45, 2.75) is 6.61 Å². The van der Waals surface area contributed by atoms with Gasteiger partial charge in [0.05, 0.1) is 4.47 Å². The van der Waals surface area contributed by atoms with E-state index in [1.165, 1.54) is 0 Å². The average molecular weight is 433 g/mol. The van der Waals surface area contributed by atoms with E-state index in [1.54, 1.807) is 24.3 Å². The summed E-state index contributed by atoms with van der Waals surface area (Å²) < 4.78 is 6.57. The van der Waals surface area contributed by atoms with Crippen LogP contribution in [0.4, 0.5) is 5.69 Å². The number of nitrogens with one attached hydrogen (secondary N) is 1. The van der Waals surface area contributed by atoms with Gasteiger partial charge in [-0.15, -0.1) is 0 Å². The molecule has 0 aliphatic carbocycles. The SMILES string of the molecule is N#CC(=Cc1ccc(OCc2ccccc2)c(Br)c1)C(=O)Nc1ccccc1. The van der Waals surface area contributed by atoms with Crippen LogP contribution in [0.2, 0.25) is 0 Å². The number of nitrogens with zero attached hydrogens (tertiary/aromatic N) is 1. The van der Waals surface area contributed by atoms with E-state index in [0.717, 1.165) is 15.6 Å². The van der Waals surface area contributed by atoms with Crippen LogP contribution in [0.15, 0.2) is 88.9 Å². The van der Waals surface area contributed by atoms with E-state index in [2.05, 4.69) is 21.2 Å². The first-order valence-electron chi connectivity index (χ1n) is 8.60. The number of ether oxygens (including phenoxy) is 1. The number of amides is 1. The molecule has 0 bridgehead atoms. The monoisotopic (exact) mass is 432 g/mol. The number of carbonyl (C=O) groups is 1. The van der Waals surface area contributed by atoms with Crippen LogP contribution in [0, 0.1) is 11.3 Å². The Morgan fingerprint density at radius 1 is 1.04 bits per heavy atom. The lowest BCUT2D eigenvalue weighted by molar-refractivity contribution is -0.112. The molecule has 1 N–H and O–H groups in total. The molecule has 138 valence electrons. The maximum absolute atomic E-state index is 12.3. The van der Waals surface area contributed by atoms with E-state index in [0.29, 0.717) is 18.0 Å². The number of hydrogen-bond donors (Lipinski definition) is 1. The van der Waals surface area contributed by atoms with Gasteiger partial charge in [0.25, 0.3) is 5.91 Å². The van der Waals surface area contributed by atoms with Gasteiger partial charge in [-0.1, -0.05) is 54.6 Å². The van der Waals surface area contributed by atoms with Crippen molar-refractivity contribution >= 4 is 33.6 Å². The molecule has 1 amide bonds. The van der Waals surface area contributed by atoms with E-state index in [1.807, 2.05) is 66.7 Å². The molecule has 0 aromatic heterocycles. The van der Waals surface area contributed by atoms with Crippen molar-refractivity contribution in [3.63, 3.8) is 0 Å². The number of nitriles is 1. The van der Waals surface area contributed by atoms with E-state index < -0.39 is 5.91 Å². The van der Waals surface area contributed by atoms with E-state index in [9.17, 15) is 10.1 Å². The second-order valence-electron chi connectivity index (χ2n) is 5.95. The summed E-state index contributed by atoms with van der Waals surface area (Å²) in [6.07, 6.45) is 1.55. The predicted octanol–water partition coefficient (Wildman–Crippen LogP) is 5.57. The lowest BCUT2D eigenvalue weighted by atomic mass is 10.1. The van der Waals surface area contributed by atoms with Gasteiger partial charge in [-0.25, -0.2) is 0 Å². The molecule has 0 atom stereocenters. The van der Waals surface area contributed by atoms with Crippen molar-refractivity contribution in [2.75, 3.05) is 5.32 Å². The summed E-state index contributed by atoms with van der Waals surface area (Å²) in [5.41, 5.74) is 2.45. The molecule has 0 saturated heterocycles. The molecular formula is C23H17BrN2O2. The third kappa shape index (κ3) is 5.32. The fourth-order valence-electron chi connectivity index (χ4n) is 2.49. The van der Waals surface area contributed by atoms with Gasteiger partial charge in [-0.3, -0.25) is 4.79 Å².